The zero-order chi connectivity index (χ0) is 25.7. The molecule has 0 aliphatic heterocycles. The molecule has 0 bridgehead atoms. The SMILES string of the molecule is [C-]#[N+]CCOP(O[C@H](CC)CCn1c2ccccc2c2nc3ccccc3nc21)N(C(C)C)C(C)C. The largest absolute Gasteiger partial charge is 0.324 e. The minimum atomic E-state index is -1.27. The quantitative estimate of drug-likeness (QED) is 0.116. The van der Waals surface area contributed by atoms with Crippen molar-refractivity contribution in [3.8, 4) is 0 Å². The number of rotatable bonds is 12. The summed E-state index contributed by atoms with van der Waals surface area (Å²) in [7, 11) is -1.27. The second-order valence-corrected chi connectivity index (χ2v) is 10.9. The molecular weight excluding hydrogens is 469 g/mol. The number of aryl methyl sites for hydroxylation is 1. The molecule has 2 aromatic heterocycles. The minimum Gasteiger partial charge on any atom is -0.324 e. The Kier molecular flexibility index (Phi) is 8.87. The number of hydrogen-bond acceptors (Lipinski definition) is 5. The minimum absolute atomic E-state index is 0.0219. The van der Waals surface area contributed by atoms with E-state index in [1.807, 2.05) is 24.3 Å². The molecule has 2 aromatic carbocycles. The molecule has 2 atom stereocenters. The Labute approximate surface area is 215 Å². The highest BCUT2D eigenvalue weighted by molar-refractivity contribution is 7.44. The topological polar surface area (TPSA) is 56.8 Å². The molecule has 0 N–H and O–H groups in total. The van der Waals surface area contributed by atoms with Gasteiger partial charge in [0.25, 0.3) is 8.53 Å². The Morgan fingerprint density at radius 1 is 1.00 bits per heavy atom. The third kappa shape index (κ3) is 5.68. The van der Waals surface area contributed by atoms with E-state index in [9.17, 15) is 0 Å². The summed E-state index contributed by atoms with van der Waals surface area (Å²) in [6.45, 7) is 19.4. The van der Waals surface area contributed by atoms with Crippen molar-refractivity contribution in [2.45, 2.75) is 72.2 Å². The van der Waals surface area contributed by atoms with Crippen LogP contribution in [0.5, 0.6) is 0 Å². The van der Waals surface area contributed by atoms with Crippen molar-refractivity contribution in [3.63, 3.8) is 0 Å². The fourth-order valence-electron chi connectivity index (χ4n) is 4.63. The van der Waals surface area contributed by atoms with Gasteiger partial charge >= 0.3 is 0 Å². The van der Waals surface area contributed by atoms with Gasteiger partial charge in [0.1, 0.15) is 12.1 Å². The number of benzene rings is 2. The lowest BCUT2D eigenvalue weighted by Gasteiger charge is -2.37. The first-order chi connectivity index (χ1) is 17.4. The lowest BCUT2D eigenvalue weighted by Crippen LogP contribution is -2.34. The molecule has 0 aliphatic carbocycles. The molecule has 0 saturated heterocycles. The summed E-state index contributed by atoms with van der Waals surface area (Å²) in [5.74, 6) is 0. The summed E-state index contributed by atoms with van der Waals surface area (Å²) < 4.78 is 17.4. The molecule has 0 amide bonds. The third-order valence-electron chi connectivity index (χ3n) is 6.28. The van der Waals surface area contributed by atoms with Crippen molar-refractivity contribution in [2.75, 3.05) is 13.2 Å². The molecule has 0 saturated carbocycles. The van der Waals surface area contributed by atoms with Crippen molar-refractivity contribution in [3.05, 3.63) is 59.9 Å². The number of nitrogens with zero attached hydrogens (tertiary/aromatic N) is 5. The van der Waals surface area contributed by atoms with Gasteiger partial charge in [-0.1, -0.05) is 37.3 Å². The van der Waals surface area contributed by atoms with Gasteiger partial charge in [0.15, 0.2) is 5.65 Å². The van der Waals surface area contributed by atoms with E-state index in [2.05, 4.69) is 73.0 Å². The summed E-state index contributed by atoms with van der Waals surface area (Å²) in [6.07, 6.45) is 1.72. The number of aromatic nitrogens is 3. The van der Waals surface area contributed by atoms with Crippen molar-refractivity contribution in [1.82, 2.24) is 19.2 Å². The van der Waals surface area contributed by atoms with Gasteiger partial charge in [0, 0.05) is 24.0 Å². The Morgan fingerprint density at radius 2 is 1.67 bits per heavy atom. The Balaban J connectivity index is 1.62. The van der Waals surface area contributed by atoms with Crippen LogP contribution in [0.3, 0.4) is 0 Å². The molecule has 0 radical (unpaired) electrons. The average Bonchev–Trinajstić information content (AvgIpc) is 3.17. The third-order valence-corrected chi connectivity index (χ3v) is 8.46. The molecule has 0 fully saturated rings. The van der Waals surface area contributed by atoms with Gasteiger partial charge in [0.2, 0.25) is 6.54 Å². The lowest BCUT2D eigenvalue weighted by atomic mass is 10.2. The second kappa shape index (κ2) is 12.1. The molecule has 4 rings (SSSR count). The normalized spacial score (nSPS) is 13.9. The molecular formula is C28H36N5O2P. The van der Waals surface area contributed by atoms with E-state index in [1.54, 1.807) is 0 Å². The zero-order valence-corrected chi connectivity index (χ0v) is 22.8. The van der Waals surface area contributed by atoms with Gasteiger partial charge in [-0.05, 0) is 58.7 Å². The Hall–Kier alpha value is -2.62. The lowest BCUT2D eigenvalue weighted by molar-refractivity contribution is 0.123. The van der Waals surface area contributed by atoms with E-state index in [4.69, 9.17) is 25.6 Å². The van der Waals surface area contributed by atoms with E-state index in [1.165, 1.54) is 0 Å². The predicted molar refractivity (Wildman–Crippen MR) is 149 cm³/mol. The van der Waals surface area contributed by atoms with Gasteiger partial charge in [-0.3, -0.25) is 0 Å². The molecule has 190 valence electrons. The first-order valence-electron chi connectivity index (χ1n) is 12.8. The van der Waals surface area contributed by atoms with E-state index in [0.29, 0.717) is 13.2 Å². The predicted octanol–water partition coefficient (Wildman–Crippen LogP) is 7.20. The highest BCUT2D eigenvalue weighted by Crippen LogP contribution is 2.47. The van der Waals surface area contributed by atoms with Crippen LogP contribution in [-0.2, 0) is 15.6 Å². The molecule has 0 aliphatic rings. The smallest absolute Gasteiger partial charge is 0.259 e. The second-order valence-electron chi connectivity index (χ2n) is 9.50. The Morgan fingerprint density at radius 3 is 2.33 bits per heavy atom. The van der Waals surface area contributed by atoms with Gasteiger partial charge in [-0.25, -0.2) is 21.2 Å². The van der Waals surface area contributed by atoms with E-state index in [0.717, 1.165) is 52.5 Å². The molecule has 0 spiro atoms. The van der Waals surface area contributed by atoms with Crippen LogP contribution in [0.15, 0.2) is 48.5 Å². The first-order valence-corrected chi connectivity index (χ1v) is 13.9. The maximum atomic E-state index is 7.11. The van der Waals surface area contributed by atoms with Crippen LogP contribution in [0.25, 0.3) is 37.9 Å². The highest BCUT2D eigenvalue weighted by Gasteiger charge is 2.30. The van der Waals surface area contributed by atoms with Gasteiger partial charge < -0.3 is 18.5 Å². The number of hydrogen-bond donors (Lipinski definition) is 0. The molecule has 36 heavy (non-hydrogen) atoms. The van der Waals surface area contributed by atoms with E-state index in [-0.39, 0.29) is 18.2 Å². The maximum Gasteiger partial charge on any atom is 0.259 e. The number of fused-ring (bicyclic) bond motifs is 4. The van der Waals surface area contributed by atoms with Gasteiger partial charge in [0.05, 0.1) is 22.7 Å². The van der Waals surface area contributed by atoms with Crippen LogP contribution in [0.4, 0.5) is 0 Å². The molecule has 7 nitrogen and oxygen atoms in total. The molecule has 1 unspecified atom stereocenters. The fourth-order valence-corrected chi connectivity index (χ4v) is 6.44. The van der Waals surface area contributed by atoms with Crippen LogP contribution >= 0.6 is 8.53 Å². The monoisotopic (exact) mass is 505 g/mol. The molecule has 8 heteroatoms. The van der Waals surface area contributed by atoms with Crippen molar-refractivity contribution < 1.29 is 9.05 Å². The standard InChI is InChI=1S/C28H36N5O2P/c1-7-22(35-36(34-19-17-29-6)33(20(2)3)21(4)5)16-18-32-26-15-11-8-12-23(26)27-28(32)31-25-14-10-9-13-24(25)30-27/h8-15,20-22H,7,16-19H2,1-5H3/t22-,36?/m1/s1. The average molecular weight is 506 g/mol. The van der Waals surface area contributed by atoms with E-state index < -0.39 is 8.53 Å². The summed E-state index contributed by atoms with van der Waals surface area (Å²) in [6, 6.07) is 17.0. The summed E-state index contributed by atoms with van der Waals surface area (Å²) in [4.78, 5) is 13.4. The van der Waals surface area contributed by atoms with Crippen LogP contribution in [0.1, 0.15) is 47.5 Å². The van der Waals surface area contributed by atoms with E-state index >= 15 is 0 Å². The first kappa shape index (κ1) is 26.4. The molecule has 4 aromatic rings. The summed E-state index contributed by atoms with van der Waals surface area (Å²) >= 11 is 0. The van der Waals surface area contributed by atoms with Crippen LogP contribution in [0, 0.1) is 6.57 Å². The summed E-state index contributed by atoms with van der Waals surface area (Å²) in [5.41, 5.74) is 4.80. The Bertz CT molecular complexity index is 1340. The summed E-state index contributed by atoms with van der Waals surface area (Å²) in [5, 5.41) is 1.12. The number of para-hydroxylation sites is 3. The van der Waals surface area contributed by atoms with Gasteiger partial charge in [-0.2, -0.15) is 0 Å². The van der Waals surface area contributed by atoms with Crippen molar-refractivity contribution in [2.24, 2.45) is 0 Å². The van der Waals surface area contributed by atoms with Gasteiger partial charge in [-0.15, -0.1) is 0 Å². The highest BCUT2D eigenvalue weighted by atomic mass is 31.2. The van der Waals surface area contributed by atoms with Crippen molar-refractivity contribution >= 4 is 41.6 Å². The zero-order valence-electron chi connectivity index (χ0n) is 21.9. The van der Waals surface area contributed by atoms with Crippen LogP contribution in [-0.4, -0.2) is 50.5 Å². The fraction of sp³-hybridized carbons (Fsp3) is 0.464. The molecule has 2 heterocycles. The van der Waals surface area contributed by atoms with Crippen molar-refractivity contribution in [1.29, 1.82) is 0 Å². The van der Waals surface area contributed by atoms with Crippen LogP contribution in [0.2, 0.25) is 0 Å². The van der Waals surface area contributed by atoms with Crippen LogP contribution < -0.4 is 0 Å². The maximum absolute atomic E-state index is 7.11.